The van der Waals surface area contributed by atoms with Crippen molar-refractivity contribution in [3.63, 3.8) is 0 Å². The molecule has 0 aliphatic carbocycles. The molecular weight excluding hydrogens is 278 g/mol. The van der Waals surface area contributed by atoms with Crippen LogP contribution in [0.25, 0.3) is 0 Å². The smallest absolute Gasteiger partial charge is 0.255 e. The Morgan fingerprint density at radius 3 is 2.60 bits per heavy atom. The summed E-state index contributed by atoms with van der Waals surface area (Å²) in [5, 5.41) is 5.10. The van der Waals surface area contributed by atoms with E-state index in [1.54, 1.807) is 11.0 Å². The van der Waals surface area contributed by atoms with E-state index in [-0.39, 0.29) is 23.5 Å². The van der Waals surface area contributed by atoms with Gasteiger partial charge in [0, 0.05) is 32.0 Å². The first-order valence-electron chi connectivity index (χ1n) is 6.60. The summed E-state index contributed by atoms with van der Waals surface area (Å²) >= 11 is 0. The van der Waals surface area contributed by atoms with Crippen LogP contribution in [0.1, 0.15) is 23.0 Å². The van der Waals surface area contributed by atoms with Gasteiger partial charge < -0.3 is 9.47 Å². The number of primary sulfonamides is 1. The zero-order valence-electron chi connectivity index (χ0n) is 12.0. The second-order valence-electron chi connectivity index (χ2n) is 5.70. The number of rotatable bonds is 3. The highest BCUT2D eigenvalue weighted by atomic mass is 32.2. The Morgan fingerprint density at radius 1 is 1.45 bits per heavy atom. The van der Waals surface area contributed by atoms with E-state index in [4.69, 9.17) is 5.14 Å². The SMILES string of the molecule is Cc1c(C(=O)N2C[C@@H](CS(N)(=O)=O)[C@H](C)C2)ccn1C. The Balaban J connectivity index is 2.12. The standard InChI is InChI=1S/C13H21N3O3S/c1-9-6-16(7-11(9)8-20(14,18)19)13(17)12-4-5-15(3)10(12)2/h4-5,9,11H,6-8H2,1-3H3,(H2,14,18,19)/t9-,11+/m1/s1. The fourth-order valence-corrected chi connectivity index (χ4v) is 3.75. The largest absolute Gasteiger partial charge is 0.354 e. The molecule has 2 heterocycles. The lowest BCUT2D eigenvalue weighted by atomic mass is 10.0. The summed E-state index contributed by atoms with van der Waals surface area (Å²) in [6.45, 7) is 4.88. The average molecular weight is 299 g/mol. The van der Waals surface area contributed by atoms with Crippen LogP contribution in [0.3, 0.4) is 0 Å². The number of likely N-dealkylation sites (tertiary alicyclic amines) is 1. The van der Waals surface area contributed by atoms with Crippen LogP contribution in [-0.2, 0) is 17.1 Å². The average Bonchev–Trinajstić information content (AvgIpc) is 2.83. The molecule has 1 aliphatic rings. The van der Waals surface area contributed by atoms with Gasteiger partial charge in [-0.05, 0) is 24.8 Å². The predicted molar refractivity (Wildman–Crippen MR) is 76.7 cm³/mol. The molecule has 1 amide bonds. The molecule has 1 aromatic heterocycles. The Morgan fingerprint density at radius 2 is 2.10 bits per heavy atom. The predicted octanol–water partition coefficient (Wildman–Crippen LogP) is 0.330. The molecule has 1 saturated heterocycles. The van der Waals surface area contributed by atoms with Crippen molar-refractivity contribution in [1.29, 1.82) is 0 Å². The third kappa shape index (κ3) is 3.04. The van der Waals surface area contributed by atoms with Crippen LogP contribution in [-0.4, -0.2) is 42.6 Å². The molecule has 112 valence electrons. The van der Waals surface area contributed by atoms with Gasteiger partial charge in [-0.3, -0.25) is 4.79 Å². The lowest BCUT2D eigenvalue weighted by Crippen LogP contribution is -2.31. The van der Waals surface area contributed by atoms with Gasteiger partial charge in [0.05, 0.1) is 11.3 Å². The highest BCUT2D eigenvalue weighted by molar-refractivity contribution is 7.89. The molecule has 2 atom stereocenters. The normalized spacial score (nSPS) is 23.3. The third-order valence-corrected chi connectivity index (χ3v) is 5.01. The summed E-state index contributed by atoms with van der Waals surface area (Å²) in [7, 11) is -1.61. The zero-order chi connectivity index (χ0) is 15.1. The van der Waals surface area contributed by atoms with E-state index < -0.39 is 10.0 Å². The number of nitrogens with zero attached hydrogens (tertiary/aromatic N) is 2. The second kappa shape index (κ2) is 5.21. The number of carbonyl (C=O) groups is 1. The van der Waals surface area contributed by atoms with Gasteiger partial charge in [0.1, 0.15) is 0 Å². The summed E-state index contributed by atoms with van der Waals surface area (Å²) in [4.78, 5) is 14.2. The van der Waals surface area contributed by atoms with Crippen LogP contribution in [0.2, 0.25) is 0 Å². The van der Waals surface area contributed by atoms with Gasteiger partial charge in [0.2, 0.25) is 10.0 Å². The van der Waals surface area contributed by atoms with Gasteiger partial charge in [0.25, 0.3) is 5.91 Å². The van der Waals surface area contributed by atoms with Crippen molar-refractivity contribution in [1.82, 2.24) is 9.47 Å². The number of aromatic nitrogens is 1. The first kappa shape index (κ1) is 15.1. The third-order valence-electron chi connectivity index (χ3n) is 4.12. The first-order chi connectivity index (χ1) is 9.19. The van der Waals surface area contributed by atoms with E-state index >= 15 is 0 Å². The molecule has 0 bridgehead atoms. The molecule has 1 aliphatic heterocycles. The van der Waals surface area contributed by atoms with Gasteiger partial charge in [-0.1, -0.05) is 6.92 Å². The summed E-state index contributed by atoms with van der Waals surface area (Å²) in [6, 6.07) is 1.80. The van der Waals surface area contributed by atoms with E-state index in [9.17, 15) is 13.2 Å². The van der Waals surface area contributed by atoms with Crippen molar-refractivity contribution in [3.05, 3.63) is 23.5 Å². The molecule has 0 radical (unpaired) electrons. The minimum absolute atomic E-state index is 0.0353. The molecule has 20 heavy (non-hydrogen) atoms. The maximum Gasteiger partial charge on any atom is 0.255 e. The van der Waals surface area contributed by atoms with E-state index in [1.807, 2.05) is 31.7 Å². The van der Waals surface area contributed by atoms with Crippen molar-refractivity contribution in [2.24, 2.45) is 24.0 Å². The lowest BCUT2D eigenvalue weighted by molar-refractivity contribution is 0.0784. The Labute approximate surface area is 119 Å². The lowest BCUT2D eigenvalue weighted by Gasteiger charge is -2.16. The highest BCUT2D eigenvalue weighted by Crippen LogP contribution is 2.26. The summed E-state index contributed by atoms with van der Waals surface area (Å²) in [6.07, 6.45) is 1.85. The number of nitrogens with two attached hydrogens (primary N) is 1. The van der Waals surface area contributed by atoms with E-state index in [1.165, 1.54) is 0 Å². The molecule has 1 aromatic rings. The van der Waals surface area contributed by atoms with E-state index in [2.05, 4.69) is 0 Å². The van der Waals surface area contributed by atoms with Gasteiger partial charge in [-0.15, -0.1) is 0 Å². The molecular formula is C13H21N3O3S. The summed E-state index contributed by atoms with van der Waals surface area (Å²) in [5.41, 5.74) is 1.59. The zero-order valence-corrected chi connectivity index (χ0v) is 12.9. The number of hydrogen-bond donors (Lipinski definition) is 1. The summed E-state index contributed by atoms with van der Waals surface area (Å²) in [5.74, 6) is -0.0442. The van der Waals surface area contributed by atoms with Crippen LogP contribution in [0.5, 0.6) is 0 Å². The van der Waals surface area contributed by atoms with Crippen molar-refractivity contribution in [2.45, 2.75) is 13.8 Å². The first-order valence-corrected chi connectivity index (χ1v) is 8.32. The second-order valence-corrected chi connectivity index (χ2v) is 7.36. The van der Waals surface area contributed by atoms with Gasteiger partial charge in [0.15, 0.2) is 0 Å². The topological polar surface area (TPSA) is 85.4 Å². The minimum Gasteiger partial charge on any atom is -0.354 e. The Kier molecular flexibility index (Phi) is 3.93. The number of aryl methyl sites for hydroxylation is 1. The van der Waals surface area contributed by atoms with Crippen molar-refractivity contribution in [3.8, 4) is 0 Å². The van der Waals surface area contributed by atoms with Crippen molar-refractivity contribution >= 4 is 15.9 Å². The maximum atomic E-state index is 12.5. The van der Waals surface area contributed by atoms with Gasteiger partial charge in [-0.2, -0.15) is 0 Å². The van der Waals surface area contributed by atoms with Crippen LogP contribution < -0.4 is 5.14 Å². The fourth-order valence-electron chi connectivity index (χ4n) is 2.72. The van der Waals surface area contributed by atoms with Crippen molar-refractivity contribution in [2.75, 3.05) is 18.8 Å². The fraction of sp³-hybridized carbons (Fsp3) is 0.615. The quantitative estimate of drug-likeness (QED) is 0.872. The highest BCUT2D eigenvalue weighted by Gasteiger charge is 2.35. The summed E-state index contributed by atoms with van der Waals surface area (Å²) < 4.78 is 24.3. The molecule has 0 aromatic carbocycles. The molecule has 0 saturated carbocycles. The van der Waals surface area contributed by atoms with Crippen LogP contribution in [0, 0.1) is 18.8 Å². The molecule has 1 fully saturated rings. The van der Waals surface area contributed by atoms with Gasteiger partial charge in [-0.25, -0.2) is 13.6 Å². The number of hydrogen-bond acceptors (Lipinski definition) is 3. The van der Waals surface area contributed by atoms with E-state index in [0.29, 0.717) is 18.7 Å². The van der Waals surface area contributed by atoms with Crippen LogP contribution in [0.15, 0.2) is 12.3 Å². The maximum absolute atomic E-state index is 12.5. The number of amides is 1. The molecule has 7 heteroatoms. The van der Waals surface area contributed by atoms with Gasteiger partial charge >= 0.3 is 0 Å². The number of carbonyl (C=O) groups excluding carboxylic acids is 1. The monoisotopic (exact) mass is 299 g/mol. The molecule has 2 rings (SSSR count). The van der Waals surface area contributed by atoms with Crippen molar-refractivity contribution < 1.29 is 13.2 Å². The molecule has 0 unspecified atom stereocenters. The Hall–Kier alpha value is -1.34. The minimum atomic E-state index is -3.50. The molecule has 0 spiro atoms. The van der Waals surface area contributed by atoms with Crippen LogP contribution in [0.4, 0.5) is 0 Å². The van der Waals surface area contributed by atoms with Crippen LogP contribution >= 0.6 is 0 Å². The van der Waals surface area contributed by atoms with E-state index in [0.717, 1.165) is 5.69 Å². The Bertz CT molecular complexity index is 621. The molecule has 2 N–H and O–H groups in total. The number of sulfonamides is 1. The molecule has 6 nitrogen and oxygen atoms in total.